The Morgan fingerprint density at radius 2 is 1.82 bits per heavy atom. The van der Waals surface area contributed by atoms with Crippen LogP contribution in [-0.4, -0.2) is 38.1 Å². The van der Waals surface area contributed by atoms with Crippen molar-refractivity contribution in [1.29, 1.82) is 0 Å². The van der Waals surface area contributed by atoms with Gasteiger partial charge in [0, 0.05) is 47.3 Å². The first kappa shape index (κ1) is 22.3. The van der Waals surface area contributed by atoms with E-state index in [0.717, 1.165) is 22.9 Å². The maximum absolute atomic E-state index is 13.5. The molecule has 4 aliphatic rings. The van der Waals surface area contributed by atoms with E-state index in [-0.39, 0.29) is 29.2 Å². The van der Waals surface area contributed by atoms with Gasteiger partial charge < -0.3 is 5.32 Å². The summed E-state index contributed by atoms with van der Waals surface area (Å²) >= 11 is 0. The summed E-state index contributed by atoms with van der Waals surface area (Å²) in [6.07, 6.45) is -0.983. The van der Waals surface area contributed by atoms with Gasteiger partial charge in [-0.1, -0.05) is 32.0 Å². The van der Waals surface area contributed by atoms with Crippen molar-refractivity contribution < 1.29 is 22.0 Å². The predicted octanol–water partition coefficient (Wildman–Crippen LogP) is 4.32. The zero-order valence-electron chi connectivity index (χ0n) is 18.6. The first-order chi connectivity index (χ1) is 15.6. The van der Waals surface area contributed by atoms with Crippen LogP contribution in [0, 0.1) is 10.8 Å². The molecule has 0 bridgehead atoms. The van der Waals surface area contributed by atoms with E-state index in [1.807, 2.05) is 0 Å². The smallest absolute Gasteiger partial charge is 0.265 e. The molecule has 1 fully saturated rings. The van der Waals surface area contributed by atoms with Crippen molar-refractivity contribution in [2.45, 2.75) is 50.9 Å². The average molecular weight is 477 g/mol. The van der Waals surface area contributed by atoms with Crippen molar-refractivity contribution in [3.05, 3.63) is 52.5 Å². The van der Waals surface area contributed by atoms with Crippen LogP contribution >= 0.6 is 0 Å². The molecular formula is C23H26F2N4O3S. The van der Waals surface area contributed by atoms with Gasteiger partial charge in [-0.25, -0.2) is 17.2 Å². The quantitative estimate of drug-likeness (QED) is 0.704. The van der Waals surface area contributed by atoms with Gasteiger partial charge in [-0.2, -0.15) is 9.42 Å². The molecule has 10 heteroatoms. The largest absolute Gasteiger partial charge is 0.342 e. The standard InChI is InChI=1S/C23H26F2N4O3S/c1-22(2)11-16-19(17(30)12-22)23(15-13-26-28-21(15)27-16)7-9-29(10-8-23)33(31,32)18-6-4-3-5-14(18)20(24)25/h3-6,20,27H,7-13H2,1-2H3. The van der Waals surface area contributed by atoms with Crippen LogP contribution in [0.3, 0.4) is 0 Å². The minimum atomic E-state index is -4.10. The number of benzene rings is 1. The van der Waals surface area contributed by atoms with Crippen molar-refractivity contribution in [3.8, 4) is 0 Å². The number of nitrogens with one attached hydrogen (secondary N) is 1. The molecule has 176 valence electrons. The first-order valence-corrected chi connectivity index (χ1v) is 12.5. The molecule has 1 spiro atoms. The highest BCUT2D eigenvalue weighted by molar-refractivity contribution is 7.89. The van der Waals surface area contributed by atoms with E-state index in [1.165, 1.54) is 22.5 Å². The second kappa shape index (κ2) is 7.53. The van der Waals surface area contributed by atoms with Crippen LogP contribution in [0.2, 0.25) is 0 Å². The Morgan fingerprint density at radius 1 is 1.12 bits per heavy atom. The fourth-order valence-corrected chi connectivity index (χ4v) is 7.41. The molecule has 0 saturated carbocycles. The van der Waals surface area contributed by atoms with E-state index < -0.39 is 27.4 Å². The number of Topliss-reactive ketones (excluding diaryl/α,β-unsaturated/α-hetero) is 1. The van der Waals surface area contributed by atoms with E-state index >= 15 is 0 Å². The number of nitrogens with zero attached hydrogens (tertiary/aromatic N) is 3. The summed E-state index contributed by atoms with van der Waals surface area (Å²) in [4.78, 5) is 13.0. The van der Waals surface area contributed by atoms with Gasteiger partial charge in [-0.3, -0.25) is 4.79 Å². The van der Waals surface area contributed by atoms with Gasteiger partial charge >= 0.3 is 0 Å². The molecule has 0 radical (unpaired) electrons. The highest BCUT2D eigenvalue weighted by Gasteiger charge is 2.53. The fraction of sp³-hybridized carbons (Fsp3) is 0.522. The van der Waals surface area contributed by atoms with Gasteiger partial charge in [0.05, 0.1) is 11.4 Å². The second-order valence-electron chi connectivity index (χ2n) is 9.97. The van der Waals surface area contributed by atoms with Crippen LogP contribution in [0.25, 0.3) is 0 Å². The van der Waals surface area contributed by atoms with Crippen LogP contribution in [0.1, 0.15) is 51.5 Å². The molecule has 1 N–H and O–H groups in total. The number of ketones is 1. The molecular weight excluding hydrogens is 450 g/mol. The third kappa shape index (κ3) is 3.45. The minimum Gasteiger partial charge on any atom is -0.342 e. The number of azo groups is 1. The summed E-state index contributed by atoms with van der Waals surface area (Å²) in [5, 5.41) is 11.8. The number of hydrogen-bond donors (Lipinski definition) is 1. The first-order valence-electron chi connectivity index (χ1n) is 11.1. The fourth-order valence-electron chi connectivity index (χ4n) is 5.76. The molecule has 1 saturated heterocycles. The lowest BCUT2D eigenvalue weighted by molar-refractivity contribution is -0.119. The van der Waals surface area contributed by atoms with Crippen molar-refractivity contribution in [3.63, 3.8) is 0 Å². The number of piperidine rings is 1. The average Bonchev–Trinajstić information content (AvgIpc) is 3.22. The van der Waals surface area contributed by atoms with Gasteiger partial charge in [0.1, 0.15) is 0 Å². The molecule has 1 aliphatic carbocycles. The van der Waals surface area contributed by atoms with Gasteiger partial charge in [0.2, 0.25) is 10.0 Å². The lowest BCUT2D eigenvalue weighted by Gasteiger charge is -2.48. The lowest BCUT2D eigenvalue weighted by Crippen LogP contribution is -2.50. The molecule has 33 heavy (non-hydrogen) atoms. The Morgan fingerprint density at radius 3 is 2.52 bits per heavy atom. The summed E-state index contributed by atoms with van der Waals surface area (Å²) in [5.41, 5.74) is 1.22. The zero-order valence-corrected chi connectivity index (χ0v) is 19.4. The summed E-state index contributed by atoms with van der Waals surface area (Å²) in [6, 6.07) is 5.24. The van der Waals surface area contributed by atoms with Crippen LogP contribution in [0.5, 0.6) is 0 Å². The van der Waals surface area contributed by atoms with E-state index in [9.17, 15) is 22.0 Å². The van der Waals surface area contributed by atoms with E-state index in [0.29, 0.717) is 38.0 Å². The molecule has 0 unspecified atom stereocenters. The van der Waals surface area contributed by atoms with Crippen molar-refractivity contribution in [2.24, 2.45) is 21.1 Å². The Labute approximate surface area is 191 Å². The molecule has 0 atom stereocenters. The van der Waals surface area contributed by atoms with E-state index in [1.54, 1.807) is 0 Å². The molecule has 1 aromatic rings. The summed E-state index contributed by atoms with van der Waals surface area (Å²) in [6.45, 7) is 4.74. The summed E-state index contributed by atoms with van der Waals surface area (Å²) in [7, 11) is -4.10. The summed E-state index contributed by atoms with van der Waals surface area (Å²) in [5.74, 6) is 0.741. The van der Waals surface area contributed by atoms with Gasteiger partial charge in [-0.05, 0) is 30.7 Å². The number of allylic oxidation sites excluding steroid dienone is 2. The number of fused-ring (bicyclic) bond motifs is 2. The Hall–Kier alpha value is -2.46. The number of carbonyl (C=O) groups is 1. The highest BCUT2D eigenvalue weighted by atomic mass is 32.2. The minimum absolute atomic E-state index is 0.0755. The maximum atomic E-state index is 13.5. The third-order valence-corrected chi connectivity index (χ3v) is 9.21. The number of rotatable bonds is 3. The molecule has 0 aromatic heterocycles. The van der Waals surface area contributed by atoms with Gasteiger partial charge in [0.25, 0.3) is 6.43 Å². The maximum Gasteiger partial charge on any atom is 0.265 e. The second-order valence-corrected chi connectivity index (χ2v) is 11.9. The Kier molecular flexibility index (Phi) is 5.09. The zero-order chi connectivity index (χ0) is 23.6. The molecule has 0 amide bonds. The molecule has 1 aromatic carbocycles. The number of carbonyl (C=O) groups excluding carboxylic acids is 1. The third-order valence-electron chi connectivity index (χ3n) is 7.23. The summed E-state index contributed by atoms with van der Waals surface area (Å²) < 4.78 is 54.8. The van der Waals surface area contributed by atoms with Crippen molar-refractivity contribution in [1.82, 2.24) is 9.62 Å². The molecule has 3 heterocycles. The van der Waals surface area contributed by atoms with Gasteiger partial charge in [-0.15, -0.1) is 5.11 Å². The number of hydrogen-bond acceptors (Lipinski definition) is 6. The van der Waals surface area contributed by atoms with Crippen LogP contribution in [-0.2, 0) is 14.8 Å². The predicted molar refractivity (Wildman–Crippen MR) is 117 cm³/mol. The Balaban J connectivity index is 1.50. The number of halogens is 2. The van der Waals surface area contributed by atoms with E-state index in [2.05, 4.69) is 29.4 Å². The highest BCUT2D eigenvalue weighted by Crippen LogP contribution is 2.55. The monoisotopic (exact) mass is 476 g/mol. The molecule has 7 nitrogen and oxygen atoms in total. The molecule has 5 rings (SSSR count). The Bertz CT molecular complexity index is 1230. The number of alkyl halides is 2. The lowest BCUT2D eigenvalue weighted by atomic mass is 9.60. The topological polar surface area (TPSA) is 91.2 Å². The van der Waals surface area contributed by atoms with Crippen molar-refractivity contribution >= 4 is 15.8 Å². The van der Waals surface area contributed by atoms with Crippen molar-refractivity contribution in [2.75, 3.05) is 19.6 Å². The van der Waals surface area contributed by atoms with Crippen LogP contribution in [0.15, 0.2) is 62.1 Å². The van der Waals surface area contributed by atoms with Crippen LogP contribution < -0.4 is 5.32 Å². The van der Waals surface area contributed by atoms with Gasteiger partial charge in [0.15, 0.2) is 11.6 Å². The van der Waals surface area contributed by atoms with Crippen LogP contribution in [0.4, 0.5) is 8.78 Å². The van der Waals surface area contributed by atoms with E-state index in [4.69, 9.17) is 0 Å². The number of sulfonamides is 1. The number of dihydropyridines is 1. The normalized spacial score (nSPS) is 24.3. The SMILES string of the molecule is CC1(C)CC(=O)C2=C(C1)NC1=C(CN=N1)C21CCN(S(=O)(=O)c2ccccc2C(F)F)CC1. The molecule has 3 aliphatic heterocycles.